The predicted molar refractivity (Wildman–Crippen MR) is 127 cm³/mol. The van der Waals surface area contributed by atoms with Crippen LogP contribution in [-0.4, -0.2) is 64.7 Å². The molecule has 3 N–H and O–H groups in total. The van der Waals surface area contributed by atoms with Gasteiger partial charge in [-0.2, -0.15) is 4.98 Å². The van der Waals surface area contributed by atoms with E-state index in [4.69, 9.17) is 19.4 Å². The quantitative estimate of drug-likeness (QED) is 0.623. The minimum absolute atomic E-state index is 0.0266. The van der Waals surface area contributed by atoms with Gasteiger partial charge in [-0.3, -0.25) is 0 Å². The number of anilines is 2. The maximum atomic E-state index is 12.3. The van der Waals surface area contributed by atoms with E-state index in [9.17, 15) is 9.90 Å². The number of hydrogen-bond donors (Lipinski definition) is 3. The van der Waals surface area contributed by atoms with Gasteiger partial charge in [0.05, 0.1) is 37.0 Å². The van der Waals surface area contributed by atoms with E-state index in [0.29, 0.717) is 30.6 Å². The fourth-order valence-corrected chi connectivity index (χ4v) is 4.84. The molecule has 34 heavy (non-hydrogen) atoms. The summed E-state index contributed by atoms with van der Waals surface area (Å²) in [6, 6.07) is 7.44. The minimum Gasteiger partial charge on any atom is -0.471 e. The maximum Gasteiger partial charge on any atom is 0.319 e. The molecule has 2 aromatic rings. The first-order valence-electron chi connectivity index (χ1n) is 12.2. The summed E-state index contributed by atoms with van der Waals surface area (Å²) in [6.45, 7) is 4.28. The number of nitrogens with one attached hydrogen (secondary N) is 2. The average Bonchev–Trinajstić information content (AvgIpc) is 3.78. The lowest BCUT2D eigenvalue weighted by Gasteiger charge is -2.37. The zero-order valence-electron chi connectivity index (χ0n) is 19.5. The molecule has 0 radical (unpaired) electrons. The standard InChI is InChI=1S/C25H31N5O4/c1-16-14-33-13-12-30(16)21-19-6-7-25(10-11-25)34-22(19)28-20(27-21)17-2-4-18(5-3-17)26-23(32)29-24(15-31)8-9-24/h2-5,16,31H,6-15H2,1H3,(H2,26,29,32)/t16-/m0/s1. The van der Waals surface area contributed by atoms with Gasteiger partial charge in [0.2, 0.25) is 5.88 Å². The number of amides is 2. The fraction of sp³-hybridized carbons (Fsp3) is 0.560. The summed E-state index contributed by atoms with van der Waals surface area (Å²) in [4.78, 5) is 24.4. The Morgan fingerprint density at radius 2 is 1.97 bits per heavy atom. The highest BCUT2D eigenvalue weighted by atomic mass is 16.5. The smallest absolute Gasteiger partial charge is 0.319 e. The molecule has 4 aliphatic rings. The van der Waals surface area contributed by atoms with Gasteiger partial charge in [0.1, 0.15) is 11.4 Å². The van der Waals surface area contributed by atoms with Gasteiger partial charge in [-0.25, -0.2) is 9.78 Å². The number of aromatic nitrogens is 2. The van der Waals surface area contributed by atoms with Crippen LogP contribution < -0.4 is 20.3 Å². The normalized spacial score (nSPS) is 23.6. The van der Waals surface area contributed by atoms with E-state index in [1.165, 1.54) is 0 Å². The summed E-state index contributed by atoms with van der Waals surface area (Å²) in [6.07, 6.45) is 5.75. The predicted octanol–water partition coefficient (Wildman–Crippen LogP) is 2.87. The highest BCUT2D eigenvalue weighted by Crippen LogP contribution is 2.49. The third kappa shape index (κ3) is 4.07. The number of carbonyl (C=O) groups excluding carboxylic acids is 1. The van der Waals surface area contributed by atoms with Crippen LogP contribution in [0.2, 0.25) is 0 Å². The van der Waals surface area contributed by atoms with Crippen molar-refractivity contribution in [3.63, 3.8) is 0 Å². The molecule has 6 rings (SSSR count). The number of ether oxygens (including phenoxy) is 2. The molecule has 1 aromatic heterocycles. The molecular weight excluding hydrogens is 434 g/mol. The number of fused-ring (bicyclic) bond motifs is 1. The van der Waals surface area contributed by atoms with Gasteiger partial charge in [0.15, 0.2) is 5.82 Å². The summed E-state index contributed by atoms with van der Waals surface area (Å²) in [5.41, 5.74) is 2.16. The van der Waals surface area contributed by atoms with E-state index >= 15 is 0 Å². The summed E-state index contributed by atoms with van der Waals surface area (Å²) in [5, 5.41) is 15.1. The molecule has 2 saturated carbocycles. The van der Waals surface area contributed by atoms with Crippen molar-refractivity contribution < 1.29 is 19.4 Å². The van der Waals surface area contributed by atoms with Crippen LogP contribution in [0, 0.1) is 0 Å². The third-order valence-electron chi connectivity index (χ3n) is 7.47. The van der Waals surface area contributed by atoms with Gasteiger partial charge in [0.25, 0.3) is 0 Å². The number of aliphatic hydroxyl groups is 1. The summed E-state index contributed by atoms with van der Waals surface area (Å²) in [5.74, 6) is 2.28. The number of carbonyl (C=O) groups is 1. The van der Waals surface area contributed by atoms with Crippen molar-refractivity contribution in [1.29, 1.82) is 0 Å². The Morgan fingerprint density at radius 1 is 1.18 bits per heavy atom. The SMILES string of the molecule is C[C@H]1COCCN1c1nc(-c2ccc(NC(=O)NC3(CO)CC3)cc2)nc2c1CCC1(CC1)O2. The van der Waals surface area contributed by atoms with Crippen LogP contribution in [0.25, 0.3) is 11.4 Å². The van der Waals surface area contributed by atoms with E-state index in [0.717, 1.165) is 62.0 Å². The van der Waals surface area contributed by atoms with E-state index < -0.39 is 5.54 Å². The first-order chi connectivity index (χ1) is 16.5. The summed E-state index contributed by atoms with van der Waals surface area (Å²) < 4.78 is 12.1. The first-order valence-corrected chi connectivity index (χ1v) is 12.2. The number of morpholine rings is 1. The van der Waals surface area contributed by atoms with Crippen molar-refractivity contribution in [2.75, 3.05) is 36.6 Å². The van der Waals surface area contributed by atoms with Crippen molar-refractivity contribution in [2.45, 2.75) is 62.6 Å². The molecule has 0 unspecified atom stereocenters. The van der Waals surface area contributed by atoms with Crippen LogP contribution in [0.4, 0.5) is 16.3 Å². The summed E-state index contributed by atoms with van der Waals surface area (Å²) >= 11 is 0. The zero-order chi connectivity index (χ0) is 23.3. The number of aliphatic hydroxyl groups excluding tert-OH is 1. The van der Waals surface area contributed by atoms with Gasteiger partial charge < -0.3 is 30.1 Å². The molecule has 1 saturated heterocycles. The highest BCUT2D eigenvalue weighted by molar-refractivity contribution is 5.90. The molecule has 3 fully saturated rings. The van der Waals surface area contributed by atoms with Crippen LogP contribution in [0.3, 0.4) is 0 Å². The van der Waals surface area contributed by atoms with E-state index in [1.54, 1.807) is 0 Å². The van der Waals surface area contributed by atoms with E-state index in [-0.39, 0.29) is 24.3 Å². The van der Waals surface area contributed by atoms with Crippen molar-refractivity contribution in [3.05, 3.63) is 29.8 Å². The second kappa shape index (κ2) is 8.09. The van der Waals surface area contributed by atoms with Crippen molar-refractivity contribution in [2.24, 2.45) is 0 Å². The van der Waals surface area contributed by atoms with Gasteiger partial charge in [-0.15, -0.1) is 0 Å². The molecule has 2 aliphatic carbocycles. The van der Waals surface area contributed by atoms with E-state index in [1.807, 2.05) is 24.3 Å². The van der Waals surface area contributed by atoms with Crippen LogP contribution in [-0.2, 0) is 11.2 Å². The zero-order valence-corrected chi connectivity index (χ0v) is 19.5. The van der Waals surface area contributed by atoms with Gasteiger partial charge in [-0.1, -0.05) is 0 Å². The monoisotopic (exact) mass is 465 g/mol. The Bertz CT molecular complexity index is 1100. The number of rotatable bonds is 5. The Balaban J connectivity index is 1.27. The second-order valence-corrected chi connectivity index (χ2v) is 10.2. The molecule has 9 heteroatoms. The topological polar surface area (TPSA) is 109 Å². The largest absolute Gasteiger partial charge is 0.471 e. The second-order valence-electron chi connectivity index (χ2n) is 10.2. The van der Waals surface area contributed by atoms with Crippen molar-refractivity contribution in [1.82, 2.24) is 15.3 Å². The van der Waals surface area contributed by atoms with Crippen LogP contribution in [0.1, 0.15) is 44.6 Å². The lowest BCUT2D eigenvalue weighted by Crippen LogP contribution is -2.45. The molecule has 180 valence electrons. The molecule has 1 spiro atoms. The lowest BCUT2D eigenvalue weighted by atomic mass is 10.0. The number of benzene rings is 1. The Hall–Kier alpha value is -2.91. The molecule has 9 nitrogen and oxygen atoms in total. The number of nitrogens with zero attached hydrogens (tertiary/aromatic N) is 3. The van der Waals surface area contributed by atoms with Crippen LogP contribution in [0.5, 0.6) is 5.88 Å². The van der Waals surface area contributed by atoms with Crippen LogP contribution >= 0.6 is 0 Å². The molecule has 1 atom stereocenters. The number of urea groups is 1. The number of hydrogen-bond acceptors (Lipinski definition) is 7. The van der Waals surface area contributed by atoms with Crippen molar-refractivity contribution >= 4 is 17.5 Å². The molecule has 1 aromatic carbocycles. The first kappa shape index (κ1) is 21.6. The van der Waals surface area contributed by atoms with Gasteiger partial charge in [0, 0.05) is 17.8 Å². The minimum atomic E-state index is -0.451. The lowest BCUT2D eigenvalue weighted by molar-refractivity contribution is 0.0978. The van der Waals surface area contributed by atoms with Crippen molar-refractivity contribution in [3.8, 4) is 17.3 Å². The fourth-order valence-electron chi connectivity index (χ4n) is 4.84. The average molecular weight is 466 g/mol. The van der Waals surface area contributed by atoms with Crippen LogP contribution in [0.15, 0.2) is 24.3 Å². The highest BCUT2D eigenvalue weighted by Gasteiger charge is 2.49. The third-order valence-corrected chi connectivity index (χ3v) is 7.47. The molecule has 2 amide bonds. The Labute approximate surface area is 198 Å². The summed E-state index contributed by atoms with van der Waals surface area (Å²) in [7, 11) is 0. The maximum absolute atomic E-state index is 12.3. The Morgan fingerprint density at radius 3 is 2.65 bits per heavy atom. The van der Waals surface area contributed by atoms with E-state index in [2.05, 4.69) is 22.5 Å². The Kier molecular flexibility index (Phi) is 5.14. The molecular formula is C25H31N5O4. The van der Waals surface area contributed by atoms with Gasteiger partial charge in [-0.05, 0) is 69.7 Å². The molecule has 0 bridgehead atoms. The molecule has 3 heterocycles. The molecule has 2 aliphatic heterocycles. The van der Waals surface area contributed by atoms with Gasteiger partial charge >= 0.3 is 6.03 Å².